The zero-order chi connectivity index (χ0) is 19.4. The second-order valence-electron chi connectivity index (χ2n) is 9.60. The van der Waals surface area contributed by atoms with Crippen molar-refractivity contribution in [2.45, 2.75) is 65.5 Å². The van der Waals surface area contributed by atoms with Crippen molar-refractivity contribution in [2.24, 2.45) is 11.8 Å². The molecule has 3 heterocycles. The average Bonchev–Trinajstić information content (AvgIpc) is 2.68. The number of hydrogen-bond donors (Lipinski definition) is 0. The van der Waals surface area contributed by atoms with Gasteiger partial charge in [-0.15, -0.1) is 0 Å². The van der Waals surface area contributed by atoms with Gasteiger partial charge in [0.15, 0.2) is 0 Å². The van der Waals surface area contributed by atoms with E-state index >= 15 is 0 Å². The minimum atomic E-state index is 0.278. The third kappa shape index (κ3) is 5.68. The Morgan fingerprint density at radius 3 is 1.78 bits per heavy atom. The summed E-state index contributed by atoms with van der Waals surface area (Å²) in [4.78, 5) is 22.9. The molecule has 0 bridgehead atoms. The van der Waals surface area contributed by atoms with Crippen LogP contribution in [0.1, 0.15) is 53.4 Å². The molecular formula is C22H42N4O. The van der Waals surface area contributed by atoms with Gasteiger partial charge >= 0.3 is 0 Å². The van der Waals surface area contributed by atoms with Crippen LogP contribution in [-0.4, -0.2) is 96.5 Å². The highest BCUT2D eigenvalue weighted by Gasteiger charge is 2.32. The topological polar surface area (TPSA) is 30.0 Å². The van der Waals surface area contributed by atoms with Gasteiger partial charge in [0.05, 0.1) is 0 Å². The van der Waals surface area contributed by atoms with Gasteiger partial charge in [-0.05, 0) is 72.4 Å². The van der Waals surface area contributed by atoms with Crippen LogP contribution >= 0.6 is 0 Å². The highest BCUT2D eigenvalue weighted by Crippen LogP contribution is 2.25. The van der Waals surface area contributed by atoms with Gasteiger partial charge in [0.25, 0.3) is 0 Å². The Labute approximate surface area is 167 Å². The van der Waals surface area contributed by atoms with Crippen molar-refractivity contribution in [3.8, 4) is 0 Å². The van der Waals surface area contributed by atoms with Crippen LogP contribution in [0, 0.1) is 11.8 Å². The quantitative estimate of drug-likeness (QED) is 0.735. The summed E-state index contributed by atoms with van der Waals surface area (Å²) < 4.78 is 0. The molecule has 3 saturated heterocycles. The third-order valence-electron chi connectivity index (χ3n) is 7.19. The first-order valence-corrected chi connectivity index (χ1v) is 11.4. The van der Waals surface area contributed by atoms with Gasteiger partial charge in [-0.3, -0.25) is 9.69 Å². The fourth-order valence-corrected chi connectivity index (χ4v) is 5.08. The van der Waals surface area contributed by atoms with Crippen molar-refractivity contribution in [2.75, 3.05) is 58.9 Å². The molecule has 0 unspecified atom stereocenters. The monoisotopic (exact) mass is 378 g/mol. The average molecular weight is 379 g/mol. The molecule has 0 radical (unpaired) electrons. The minimum absolute atomic E-state index is 0.278. The molecule has 0 N–H and O–H groups in total. The Kier molecular flexibility index (Phi) is 7.57. The lowest BCUT2D eigenvalue weighted by Gasteiger charge is -2.41. The molecule has 3 fully saturated rings. The van der Waals surface area contributed by atoms with E-state index in [1.165, 1.54) is 45.6 Å². The van der Waals surface area contributed by atoms with Gasteiger partial charge in [0, 0.05) is 63.8 Å². The maximum Gasteiger partial charge on any atom is 0.225 e. The lowest BCUT2D eigenvalue weighted by molar-refractivity contribution is -0.138. The summed E-state index contributed by atoms with van der Waals surface area (Å²) in [6, 6.07) is 1.29. The van der Waals surface area contributed by atoms with E-state index in [0.717, 1.165) is 44.9 Å². The normalized spacial score (nSPS) is 25.6. The first-order chi connectivity index (χ1) is 12.9. The standard InChI is InChI=1S/C22H42N4O/c1-18(2)24-11-7-21(8-12-24)22(27)26-9-5-20(6-10-26)17-23-13-15-25(16-14-23)19(3)4/h18-21H,5-17H2,1-4H3. The lowest BCUT2D eigenvalue weighted by Crippen LogP contribution is -2.51. The molecule has 27 heavy (non-hydrogen) atoms. The Morgan fingerprint density at radius 2 is 1.26 bits per heavy atom. The van der Waals surface area contributed by atoms with E-state index < -0.39 is 0 Å². The minimum Gasteiger partial charge on any atom is -0.342 e. The SMILES string of the molecule is CC(C)N1CCC(C(=O)N2CCC(CN3CCN(C(C)C)CC3)CC2)CC1. The molecule has 3 rings (SSSR count). The smallest absolute Gasteiger partial charge is 0.225 e. The molecule has 0 aromatic heterocycles. The molecule has 0 aliphatic carbocycles. The highest BCUT2D eigenvalue weighted by atomic mass is 16.2. The number of likely N-dealkylation sites (tertiary alicyclic amines) is 2. The Bertz CT molecular complexity index is 457. The van der Waals surface area contributed by atoms with Crippen LogP contribution in [0.5, 0.6) is 0 Å². The van der Waals surface area contributed by atoms with Crippen LogP contribution in [-0.2, 0) is 4.79 Å². The molecular weight excluding hydrogens is 336 g/mol. The van der Waals surface area contributed by atoms with Crippen molar-refractivity contribution >= 4 is 5.91 Å². The summed E-state index contributed by atoms with van der Waals surface area (Å²) in [6.07, 6.45) is 4.50. The van der Waals surface area contributed by atoms with Gasteiger partial charge < -0.3 is 14.7 Å². The largest absolute Gasteiger partial charge is 0.342 e. The van der Waals surface area contributed by atoms with Crippen LogP contribution in [0.15, 0.2) is 0 Å². The maximum absolute atomic E-state index is 12.9. The number of rotatable bonds is 5. The van der Waals surface area contributed by atoms with Gasteiger partial charge in [-0.1, -0.05) is 0 Å². The second kappa shape index (κ2) is 9.71. The molecule has 0 atom stereocenters. The molecule has 5 heteroatoms. The molecule has 1 amide bonds. The first-order valence-electron chi connectivity index (χ1n) is 11.4. The lowest BCUT2D eigenvalue weighted by atomic mass is 9.91. The first kappa shape index (κ1) is 21.1. The number of amides is 1. The van der Waals surface area contributed by atoms with Crippen LogP contribution in [0.25, 0.3) is 0 Å². The summed E-state index contributed by atoms with van der Waals surface area (Å²) in [7, 11) is 0. The Hall–Kier alpha value is -0.650. The fourth-order valence-electron chi connectivity index (χ4n) is 5.08. The van der Waals surface area contributed by atoms with Crippen LogP contribution in [0.4, 0.5) is 0 Å². The highest BCUT2D eigenvalue weighted by molar-refractivity contribution is 5.79. The molecule has 0 saturated carbocycles. The molecule has 156 valence electrons. The Morgan fingerprint density at radius 1 is 0.741 bits per heavy atom. The summed E-state index contributed by atoms with van der Waals surface area (Å²) in [5.41, 5.74) is 0. The van der Waals surface area contributed by atoms with Crippen LogP contribution in [0.3, 0.4) is 0 Å². The van der Waals surface area contributed by atoms with Crippen molar-refractivity contribution in [1.29, 1.82) is 0 Å². The molecule has 5 nitrogen and oxygen atoms in total. The third-order valence-corrected chi connectivity index (χ3v) is 7.19. The van der Waals surface area contributed by atoms with Gasteiger partial charge in [-0.2, -0.15) is 0 Å². The van der Waals surface area contributed by atoms with E-state index in [1.807, 2.05) is 0 Å². The van der Waals surface area contributed by atoms with E-state index in [9.17, 15) is 4.79 Å². The summed E-state index contributed by atoms with van der Waals surface area (Å²) in [6.45, 7) is 19.4. The van der Waals surface area contributed by atoms with Gasteiger partial charge in [-0.25, -0.2) is 0 Å². The van der Waals surface area contributed by atoms with E-state index in [-0.39, 0.29) is 5.92 Å². The van der Waals surface area contributed by atoms with Crippen molar-refractivity contribution in [3.63, 3.8) is 0 Å². The van der Waals surface area contributed by atoms with Crippen LogP contribution < -0.4 is 0 Å². The molecule has 3 aliphatic heterocycles. The van der Waals surface area contributed by atoms with Crippen molar-refractivity contribution < 1.29 is 4.79 Å². The number of carbonyl (C=O) groups excluding carboxylic acids is 1. The predicted molar refractivity (Wildman–Crippen MR) is 112 cm³/mol. The van der Waals surface area contributed by atoms with Crippen molar-refractivity contribution in [3.05, 3.63) is 0 Å². The number of hydrogen-bond acceptors (Lipinski definition) is 4. The van der Waals surface area contributed by atoms with E-state index in [2.05, 4.69) is 47.3 Å². The number of piperazine rings is 1. The molecule has 0 aromatic carbocycles. The van der Waals surface area contributed by atoms with Crippen LogP contribution in [0.2, 0.25) is 0 Å². The summed E-state index contributed by atoms with van der Waals surface area (Å²) in [5.74, 6) is 1.51. The molecule has 0 aromatic rings. The van der Waals surface area contributed by atoms with E-state index in [4.69, 9.17) is 0 Å². The molecule has 0 spiro atoms. The Balaban J connectivity index is 1.36. The fraction of sp³-hybridized carbons (Fsp3) is 0.955. The van der Waals surface area contributed by atoms with Gasteiger partial charge in [0.2, 0.25) is 5.91 Å². The van der Waals surface area contributed by atoms with E-state index in [0.29, 0.717) is 18.0 Å². The second-order valence-corrected chi connectivity index (χ2v) is 9.60. The van der Waals surface area contributed by atoms with Gasteiger partial charge in [0.1, 0.15) is 0 Å². The number of nitrogens with zero attached hydrogens (tertiary/aromatic N) is 4. The van der Waals surface area contributed by atoms with Crippen molar-refractivity contribution in [1.82, 2.24) is 19.6 Å². The maximum atomic E-state index is 12.9. The summed E-state index contributed by atoms with van der Waals surface area (Å²) in [5, 5.41) is 0. The number of carbonyl (C=O) groups is 1. The zero-order valence-corrected chi connectivity index (χ0v) is 18.2. The zero-order valence-electron chi connectivity index (χ0n) is 18.2. The van der Waals surface area contributed by atoms with E-state index in [1.54, 1.807) is 0 Å². The predicted octanol–water partition coefficient (Wildman–Crippen LogP) is 2.37. The summed E-state index contributed by atoms with van der Waals surface area (Å²) >= 11 is 0. The number of piperidine rings is 2. The molecule has 3 aliphatic rings.